The van der Waals surface area contributed by atoms with Crippen molar-refractivity contribution in [1.82, 2.24) is 5.32 Å². The molecular formula is C16H29NO. The third kappa shape index (κ3) is 7.52. The molecule has 0 bridgehead atoms. The van der Waals surface area contributed by atoms with Gasteiger partial charge in [-0.1, -0.05) is 44.3 Å². The molecule has 0 unspecified atom stereocenters. The molecule has 0 aromatic heterocycles. The molecule has 1 amide bonds. The van der Waals surface area contributed by atoms with Crippen molar-refractivity contribution in [2.45, 2.75) is 77.6 Å². The molecule has 0 radical (unpaired) electrons. The first-order valence-electron chi connectivity index (χ1n) is 7.77. The van der Waals surface area contributed by atoms with Crippen molar-refractivity contribution >= 4 is 5.91 Å². The van der Waals surface area contributed by atoms with E-state index < -0.39 is 0 Å². The first-order chi connectivity index (χ1) is 8.83. The van der Waals surface area contributed by atoms with Crippen LogP contribution in [0.3, 0.4) is 0 Å². The van der Waals surface area contributed by atoms with Gasteiger partial charge in [0.05, 0.1) is 0 Å². The Balaban J connectivity index is 1.94. The fourth-order valence-corrected chi connectivity index (χ4v) is 2.47. The highest BCUT2D eigenvalue weighted by Gasteiger charge is 2.04. The molecule has 1 aliphatic rings. The molecule has 1 N–H and O–H groups in total. The second kappa shape index (κ2) is 10.2. The minimum Gasteiger partial charge on any atom is -0.356 e. The average Bonchev–Trinajstić information content (AvgIpc) is 2.40. The second-order valence-electron chi connectivity index (χ2n) is 5.37. The van der Waals surface area contributed by atoms with E-state index in [2.05, 4.69) is 18.3 Å². The first-order valence-corrected chi connectivity index (χ1v) is 7.77. The Kier molecular flexibility index (Phi) is 8.62. The van der Waals surface area contributed by atoms with Crippen molar-refractivity contribution in [3.63, 3.8) is 0 Å². The highest BCUT2D eigenvalue weighted by atomic mass is 16.1. The third-order valence-corrected chi connectivity index (χ3v) is 3.66. The quantitative estimate of drug-likeness (QED) is 0.479. The molecule has 0 saturated carbocycles. The van der Waals surface area contributed by atoms with Gasteiger partial charge in [0.1, 0.15) is 0 Å². The van der Waals surface area contributed by atoms with Gasteiger partial charge in [0.25, 0.3) is 0 Å². The minimum atomic E-state index is 0.239. The maximum absolute atomic E-state index is 11.6. The van der Waals surface area contributed by atoms with E-state index in [1.54, 1.807) is 5.57 Å². The van der Waals surface area contributed by atoms with Crippen LogP contribution in [0.4, 0.5) is 0 Å². The molecule has 2 heteroatoms. The van der Waals surface area contributed by atoms with E-state index in [0.717, 1.165) is 19.4 Å². The maximum Gasteiger partial charge on any atom is 0.220 e. The Bertz CT molecular complexity index is 258. The summed E-state index contributed by atoms with van der Waals surface area (Å²) in [5, 5.41) is 3.04. The topological polar surface area (TPSA) is 29.1 Å². The number of carbonyl (C=O) groups excluding carboxylic acids is 1. The zero-order chi connectivity index (χ0) is 13.1. The number of allylic oxidation sites excluding steroid dienone is 1. The highest BCUT2D eigenvalue weighted by molar-refractivity contribution is 5.75. The van der Waals surface area contributed by atoms with Crippen molar-refractivity contribution in [3.05, 3.63) is 11.6 Å². The number of rotatable bonds is 9. The van der Waals surface area contributed by atoms with Crippen molar-refractivity contribution in [2.75, 3.05) is 6.54 Å². The number of hydrogen-bond acceptors (Lipinski definition) is 1. The van der Waals surface area contributed by atoms with Gasteiger partial charge in [0.2, 0.25) is 5.91 Å². The van der Waals surface area contributed by atoms with Crippen LogP contribution in [0.1, 0.15) is 77.6 Å². The molecule has 0 fully saturated rings. The Morgan fingerprint density at radius 1 is 1.22 bits per heavy atom. The lowest BCUT2D eigenvalue weighted by molar-refractivity contribution is -0.121. The predicted octanol–water partition coefficient (Wildman–Crippen LogP) is 4.35. The van der Waals surface area contributed by atoms with Crippen molar-refractivity contribution in [2.24, 2.45) is 0 Å². The number of hydrogen-bond donors (Lipinski definition) is 1. The van der Waals surface area contributed by atoms with E-state index >= 15 is 0 Å². The van der Waals surface area contributed by atoms with E-state index in [1.807, 2.05) is 0 Å². The van der Waals surface area contributed by atoms with Gasteiger partial charge in [-0.2, -0.15) is 0 Å². The van der Waals surface area contributed by atoms with E-state index in [-0.39, 0.29) is 5.91 Å². The van der Waals surface area contributed by atoms with Crippen LogP contribution in [0.15, 0.2) is 11.6 Å². The van der Waals surface area contributed by atoms with Crippen molar-refractivity contribution < 1.29 is 4.79 Å². The van der Waals surface area contributed by atoms with Crippen molar-refractivity contribution in [1.29, 1.82) is 0 Å². The lowest BCUT2D eigenvalue weighted by atomic mass is 9.97. The molecule has 0 aliphatic heterocycles. The summed E-state index contributed by atoms with van der Waals surface area (Å²) in [6.07, 6.45) is 15.4. The summed E-state index contributed by atoms with van der Waals surface area (Å²) < 4.78 is 0. The lowest BCUT2D eigenvalue weighted by Crippen LogP contribution is -2.24. The molecule has 0 saturated heterocycles. The fraction of sp³-hybridized carbons (Fsp3) is 0.812. The Labute approximate surface area is 112 Å². The smallest absolute Gasteiger partial charge is 0.220 e. The van der Waals surface area contributed by atoms with Crippen LogP contribution in [0.2, 0.25) is 0 Å². The van der Waals surface area contributed by atoms with Gasteiger partial charge < -0.3 is 5.32 Å². The summed E-state index contributed by atoms with van der Waals surface area (Å²) in [4.78, 5) is 11.6. The van der Waals surface area contributed by atoms with E-state index in [4.69, 9.17) is 0 Å². The molecule has 2 nitrogen and oxygen atoms in total. The van der Waals surface area contributed by atoms with Gasteiger partial charge in [-0.25, -0.2) is 0 Å². The van der Waals surface area contributed by atoms with Crippen LogP contribution in [-0.4, -0.2) is 12.5 Å². The summed E-state index contributed by atoms with van der Waals surface area (Å²) in [5.74, 6) is 0.239. The lowest BCUT2D eigenvalue weighted by Gasteiger charge is -2.12. The summed E-state index contributed by atoms with van der Waals surface area (Å²) in [7, 11) is 0. The van der Waals surface area contributed by atoms with Crippen LogP contribution in [0, 0.1) is 0 Å². The second-order valence-corrected chi connectivity index (χ2v) is 5.37. The fourth-order valence-electron chi connectivity index (χ4n) is 2.47. The van der Waals surface area contributed by atoms with Gasteiger partial charge >= 0.3 is 0 Å². The Morgan fingerprint density at radius 3 is 2.78 bits per heavy atom. The van der Waals surface area contributed by atoms with Crippen LogP contribution in [0.5, 0.6) is 0 Å². The molecular weight excluding hydrogens is 222 g/mol. The SMILES string of the molecule is CCCCCCCC(=O)NCCC1=CCCCC1. The molecule has 1 aliphatic carbocycles. The van der Waals surface area contributed by atoms with Gasteiger partial charge in [0, 0.05) is 13.0 Å². The largest absolute Gasteiger partial charge is 0.356 e. The number of carbonyl (C=O) groups is 1. The molecule has 18 heavy (non-hydrogen) atoms. The summed E-state index contributed by atoms with van der Waals surface area (Å²) in [6.45, 7) is 3.05. The zero-order valence-electron chi connectivity index (χ0n) is 12.0. The first kappa shape index (κ1) is 15.3. The van der Waals surface area contributed by atoms with E-state index in [9.17, 15) is 4.79 Å². The normalized spacial score (nSPS) is 15.3. The highest BCUT2D eigenvalue weighted by Crippen LogP contribution is 2.19. The number of amides is 1. The zero-order valence-corrected chi connectivity index (χ0v) is 12.0. The Hall–Kier alpha value is -0.790. The molecule has 1 rings (SSSR count). The van der Waals surface area contributed by atoms with Gasteiger partial charge in [-0.05, 0) is 38.5 Å². The standard InChI is InChI=1S/C16H29NO/c1-2-3-4-5-9-12-16(18)17-14-13-15-10-7-6-8-11-15/h10H,2-9,11-14H2,1H3,(H,17,18). The van der Waals surface area contributed by atoms with E-state index in [0.29, 0.717) is 6.42 Å². The monoisotopic (exact) mass is 251 g/mol. The molecule has 0 spiro atoms. The Morgan fingerprint density at radius 2 is 2.06 bits per heavy atom. The molecule has 0 aromatic rings. The average molecular weight is 251 g/mol. The maximum atomic E-state index is 11.6. The summed E-state index contributed by atoms with van der Waals surface area (Å²) in [5.41, 5.74) is 1.55. The minimum absolute atomic E-state index is 0.239. The van der Waals surface area contributed by atoms with Crippen LogP contribution in [-0.2, 0) is 4.79 Å². The third-order valence-electron chi connectivity index (χ3n) is 3.66. The number of unbranched alkanes of at least 4 members (excludes halogenated alkanes) is 4. The van der Waals surface area contributed by atoms with Crippen LogP contribution >= 0.6 is 0 Å². The summed E-state index contributed by atoms with van der Waals surface area (Å²) in [6, 6.07) is 0. The molecule has 0 atom stereocenters. The molecule has 0 aromatic carbocycles. The van der Waals surface area contributed by atoms with Gasteiger partial charge in [-0.15, -0.1) is 0 Å². The van der Waals surface area contributed by atoms with Gasteiger partial charge in [-0.3, -0.25) is 4.79 Å². The number of nitrogens with one attached hydrogen (secondary N) is 1. The molecule has 0 heterocycles. The predicted molar refractivity (Wildman–Crippen MR) is 77.6 cm³/mol. The van der Waals surface area contributed by atoms with Crippen molar-refractivity contribution in [3.8, 4) is 0 Å². The molecule has 104 valence electrons. The summed E-state index contributed by atoms with van der Waals surface area (Å²) >= 11 is 0. The van der Waals surface area contributed by atoms with Crippen LogP contribution in [0.25, 0.3) is 0 Å². The van der Waals surface area contributed by atoms with E-state index in [1.165, 1.54) is 51.4 Å². The van der Waals surface area contributed by atoms with Gasteiger partial charge in [0.15, 0.2) is 0 Å². The van der Waals surface area contributed by atoms with Crippen LogP contribution < -0.4 is 5.32 Å².